The Morgan fingerprint density at radius 1 is 1.17 bits per heavy atom. The van der Waals surface area contributed by atoms with Gasteiger partial charge in [0.25, 0.3) is 0 Å². The zero-order valence-electron chi connectivity index (χ0n) is 13.8. The highest BCUT2D eigenvalue weighted by Crippen LogP contribution is 2.32. The van der Waals surface area contributed by atoms with Gasteiger partial charge < -0.3 is 9.80 Å². The van der Waals surface area contributed by atoms with Gasteiger partial charge in [-0.05, 0) is 37.8 Å². The summed E-state index contributed by atoms with van der Waals surface area (Å²) in [6.07, 6.45) is 7.64. The number of carbonyl (C=O) groups excluding carboxylic acids is 1. The van der Waals surface area contributed by atoms with Gasteiger partial charge in [-0.25, -0.2) is 4.98 Å². The van der Waals surface area contributed by atoms with Crippen molar-refractivity contribution in [2.24, 2.45) is 0 Å². The SMILES string of the molecule is O=C(C1CCCc2[nH]ncc21)N1CCCN(c2ccccn2)CC1. The number of pyridine rings is 1. The van der Waals surface area contributed by atoms with Crippen LogP contribution in [0.15, 0.2) is 30.6 Å². The van der Waals surface area contributed by atoms with E-state index in [0.29, 0.717) is 0 Å². The topological polar surface area (TPSA) is 65.1 Å². The van der Waals surface area contributed by atoms with Gasteiger partial charge >= 0.3 is 0 Å². The van der Waals surface area contributed by atoms with Gasteiger partial charge in [-0.2, -0.15) is 5.10 Å². The normalized spacial score (nSPS) is 21.2. The molecule has 1 N–H and O–H groups in total. The van der Waals surface area contributed by atoms with Gasteiger partial charge in [-0.15, -0.1) is 0 Å². The Hall–Kier alpha value is -2.37. The zero-order chi connectivity index (χ0) is 16.4. The van der Waals surface area contributed by atoms with Gasteiger partial charge in [-0.3, -0.25) is 9.89 Å². The second-order valence-electron chi connectivity index (χ2n) is 6.60. The monoisotopic (exact) mass is 325 g/mol. The molecule has 24 heavy (non-hydrogen) atoms. The third-order valence-electron chi connectivity index (χ3n) is 5.13. The number of carbonyl (C=O) groups is 1. The fraction of sp³-hybridized carbons (Fsp3) is 0.500. The van der Waals surface area contributed by atoms with E-state index in [1.807, 2.05) is 35.5 Å². The molecule has 1 atom stereocenters. The molecule has 126 valence electrons. The van der Waals surface area contributed by atoms with Crippen molar-refractivity contribution in [3.8, 4) is 0 Å². The summed E-state index contributed by atoms with van der Waals surface area (Å²) in [6, 6.07) is 5.98. The summed E-state index contributed by atoms with van der Waals surface area (Å²) in [4.78, 5) is 21.8. The quantitative estimate of drug-likeness (QED) is 0.917. The molecule has 1 fully saturated rings. The Morgan fingerprint density at radius 3 is 3.00 bits per heavy atom. The molecule has 1 aliphatic carbocycles. The third-order valence-corrected chi connectivity index (χ3v) is 5.13. The van der Waals surface area contributed by atoms with Gasteiger partial charge in [0.1, 0.15) is 5.82 Å². The first-order valence-electron chi connectivity index (χ1n) is 8.80. The van der Waals surface area contributed by atoms with E-state index in [1.165, 1.54) is 0 Å². The van der Waals surface area contributed by atoms with Crippen LogP contribution in [0.5, 0.6) is 0 Å². The molecular weight excluding hydrogens is 302 g/mol. The number of aromatic nitrogens is 3. The summed E-state index contributed by atoms with van der Waals surface area (Å²) < 4.78 is 0. The molecule has 1 unspecified atom stereocenters. The number of hydrogen-bond donors (Lipinski definition) is 1. The Labute approximate surface area is 141 Å². The number of H-pyrrole nitrogens is 1. The predicted octanol–water partition coefficient (Wildman–Crippen LogP) is 1.96. The molecule has 6 nitrogen and oxygen atoms in total. The van der Waals surface area contributed by atoms with E-state index >= 15 is 0 Å². The maximum absolute atomic E-state index is 13.1. The summed E-state index contributed by atoms with van der Waals surface area (Å²) in [5.41, 5.74) is 2.25. The number of amides is 1. The molecule has 0 spiro atoms. The van der Waals surface area contributed by atoms with Crippen LogP contribution in [0.3, 0.4) is 0 Å². The third kappa shape index (κ3) is 2.88. The fourth-order valence-electron chi connectivity index (χ4n) is 3.85. The Kier molecular flexibility index (Phi) is 4.19. The highest BCUT2D eigenvalue weighted by atomic mass is 16.2. The van der Waals surface area contributed by atoms with Crippen molar-refractivity contribution in [3.63, 3.8) is 0 Å². The number of fused-ring (bicyclic) bond motifs is 1. The Morgan fingerprint density at radius 2 is 2.12 bits per heavy atom. The van der Waals surface area contributed by atoms with Gasteiger partial charge in [-0.1, -0.05) is 6.07 Å². The molecule has 2 aromatic heterocycles. The summed E-state index contributed by atoms with van der Waals surface area (Å²) in [5, 5.41) is 7.19. The standard InChI is InChI=1S/C18H23N5O/c24-18(14-5-3-6-16-15(14)13-20-21-16)23-10-4-9-22(11-12-23)17-7-1-2-8-19-17/h1-2,7-8,13-14H,3-6,9-12H2,(H,20,21). The lowest BCUT2D eigenvalue weighted by Crippen LogP contribution is -2.39. The van der Waals surface area contributed by atoms with Gasteiger partial charge in [0.2, 0.25) is 5.91 Å². The number of aryl methyl sites for hydroxylation is 1. The van der Waals surface area contributed by atoms with Gasteiger partial charge in [0.05, 0.1) is 12.1 Å². The molecular formula is C18H23N5O. The summed E-state index contributed by atoms with van der Waals surface area (Å²) in [5.74, 6) is 1.25. The Balaban J connectivity index is 1.45. The van der Waals surface area contributed by atoms with Crippen LogP contribution in [-0.2, 0) is 11.2 Å². The van der Waals surface area contributed by atoms with E-state index in [1.54, 1.807) is 0 Å². The van der Waals surface area contributed by atoms with Crippen LogP contribution in [-0.4, -0.2) is 52.2 Å². The molecule has 1 saturated heterocycles. The van der Waals surface area contributed by atoms with Crippen LogP contribution in [0.25, 0.3) is 0 Å². The number of nitrogens with one attached hydrogen (secondary N) is 1. The average Bonchev–Trinajstić information content (AvgIpc) is 2.98. The molecule has 0 bridgehead atoms. The van der Waals surface area contributed by atoms with E-state index in [-0.39, 0.29) is 11.8 Å². The molecule has 0 radical (unpaired) electrons. The molecule has 0 saturated carbocycles. The number of nitrogens with zero attached hydrogens (tertiary/aromatic N) is 4. The molecule has 1 amide bonds. The van der Waals surface area contributed by atoms with Gasteiger partial charge in [0, 0.05) is 43.6 Å². The highest BCUT2D eigenvalue weighted by molar-refractivity contribution is 5.84. The van der Waals surface area contributed by atoms with E-state index in [4.69, 9.17) is 0 Å². The lowest BCUT2D eigenvalue weighted by atomic mass is 9.86. The van der Waals surface area contributed by atoms with Crippen LogP contribution < -0.4 is 4.90 Å². The first-order valence-corrected chi connectivity index (χ1v) is 8.80. The fourth-order valence-corrected chi connectivity index (χ4v) is 3.85. The second kappa shape index (κ2) is 6.63. The lowest BCUT2D eigenvalue weighted by molar-refractivity contribution is -0.133. The zero-order valence-corrected chi connectivity index (χ0v) is 13.8. The van der Waals surface area contributed by atoms with Crippen molar-refractivity contribution in [3.05, 3.63) is 41.9 Å². The number of hydrogen-bond acceptors (Lipinski definition) is 4. The maximum Gasteiger partial charge on any atom is 0.230 e. The minimum Gasteiger partial charge on any atom is -0.355 e. The van der Waals surface area contributed by atoms with Crippen LogP contribution >= 0.6 is 0 Å². The minimum absolute atomic E-state index is 0.0195. The van der Waals surface area contributed by atoms with Crippen molar-refractivity contribution in [1.82, 2.24) is 20.1 Å². The first kappa shape index (κ1) is 15.2. The highest BCUT2D eigenvalue weighted by Gasteiger charge is 2.32. The molecule has 6 heteroatoms. The van der Waals surface area contributed by atoms with Crippen molar-refractivity contribution in [2.75, 3.05) is 31.1 Å². The van der Waals surface area contributed by atoms with Crippen molar-refractivity contribution in [1.29, 1.82) is 0 Å². The van der Waals surface area contributed by atoms with Crippen molar-refractivity contribution in [2.45, 2.75) is 31.6 Å². The molecule has 2 aromatic rings. The van der Waals surface area contributed by atoms with Crippen LogP contribution in [0.2, 0.25) is 0 Å². The predicted molar refractivity (Wildman–Crippen MR) is 91.9 cm³/mol. The minimum atomic E-state index is -0.0195. The summed E-state index contributed by atoms with van der Waals surface area (Å²) in [6.45, 7) is 3.38. The smallest absolute Gasteiger partial charge is 0.230 e. The molecule has 0 aromatic carbocycles. The second-order valence-corrected chi connectivity index (χ2v) is 6.60. The van der Waals surface area contributed by atoms with E-state index < -0.39 is 0 Å². The van der Waals surface area contributed by atoms with Crippen LogP contribution in [0, 0.1) is 0 Å². The number of aromatic amines is 1. The molecule has 3 heterocycles. The number of anilines is 1. The molecule has 2 aliphatic rings. The average molecular weight is 325 g/mol. The molecule has 1 aliphatic heterocycles. The van der Waals surface area contributed by atoms with E-state index in [2.05, 4.69) is 20.1 Å². The summed E-state index contributed by atoms with van der Waals surface area (Å²) >= 11 is 0. The van der Waals surface area contributed by atoms with Crippen molar-refractivity contribution < 1.29 is 4.79 Å². The Bertz CT molecular complexity index is 698. The number of rotatable bonds is 2. The van der Waals surface area contributed by atoms with Crippen LogP contribution in [0.4, 0.5) is 5.82 Å². The largest absolute Gasteiger partial charge is 0.355 e. The van der Waals surface area contributed by atoms with E-state index in [0.717, 1.165) is 68.9 Å². The summed E-state index contributed by atoms with van der Waals surface area (Å²) in [7, 11) is 0. The van der Waals surface area contributed by atoms with Gasteiger partial charge in [0.15, 0.2) is 0 Å². The van der Waals surface area contributed by atoms with Crippen molar-refractivity contribution >= 4 is 11.7 Å². The van der Waals surface area contributed by atoms with Crippen LogP contribution in [0.1, 0.15) is 36.4 Å². The lowest BCUT2D eigenvalue weighted by Gasteiger charge is -2.28. The maximum atomic E-state index is 13.1. The first-order chi connectivity index (χ1) is 11.8. The van der Waals surface area contributed by atoms with E-state index in [9.17, 15) is 4.79 Å². The molecule has 4 rings (SSSR count).